The van der Waals surface area contributed by atoms with Crippen LogP contribution in [0.4, 0.5) is 5.69 Å². The van der Waals surface area contributed by atoms with E-state index in [1.165, 1.54) is 36.5 Å². The average Bonchev–Trinajstić information content (AvgIpc) is 2.38. The molecule has 0 spiro atoms. The van der Waals surface area contributed by atoms with E-state index in [2.05, 4.69) is 9.71 Å². The largest absolute Gasteiger partial charge is 0.366 e. The van der Waals surface area contributed by atoms with Crippen LogP contribution in [0.5, 0.6) is 0 Å². The number of aromatic nitrogens is 1. The number of anilines is 1. The first-order chi connectivity index (χ1) is 9.81. The molecule has 2 aromatic rings. The molecule has 0 saturated heterocycles. The number of nitrogens with zero attached hydrogens (tertiary/aromatic N) is 1. The third kappa shape index (κ3) is 3.44. The summed E-state index contributed by atoms with van der Waals surface area (Å²) in [6, 6.07) is 6.74. The quantitative estimate of drug-likeness (QED) is 0.829. The molecule has 0 saturated carbocycles. The number of nitrogens with one attached hydrogen (secondary N) is 1. The van der Waals surface area contributed by atoms with Crippen molar-refractivity contribution in [2.45, 2.75) is 4.90 Å². The second-order valence-electron chi connectivity index (χ2n) is 3.96. The molecule has 1 heterocycles. The standard InChI is InChI=1S/C12H9Cl2N3O3S/c13-9-6-7(3-4-8(9)12(15)18)17-21(19,20)10-2-1-5-16-11(10)14/h1-6,17H,(H2,15,18). The number of hydrogen-bond donors (Lipinski definition) is 2. The second-order valence-corrected chi connectivity index (χ2v) is 6.37. The molecule has 0 fully saturated rings. The minimum absolute atomic E-state index is 0.0417. The lowest BCUT2D eigenvalue weighted by Gasteiger charge is -2.10. The van der Waals surface area contributed by atoms with Crippen molar-refractivity contribution in [3.05, 3.63) is 52.3 Å². The highest BCUT2D eigenvalue weighted by atomic mass is 35.5. The third-order valence-electron chi connectivity index (χ3n) is 2.50. The van der Waals surface area contributed by atoms with Gasteiger partial charge in [0.1, 0.15) is 10.0 Å². The van der Waals surface area contributed by atoms with E-state index in [0.717, 1.165) is 0 Å². The van der Waals surface area contributed by atoms with Crippen molar-refractivity contribution in [3.63, 3.8) is 0 Å². The van der Waals surface area contributed by atoms with E-state index < -0.39 is 15.9 Å². The number of benzene rings is 1. The van der Waals surface area contributed by atoms with Crippen molar-refractivity contribution in [1.29, 1.82) is 0 Å². The third-order valence-corrected chi connectivity index (χ3v) is 4.64. The Morgan fingerprint density at radius 1 is 1.24 bits per heavy atom. The second kappa shape index (κ2) is 5.88. The Bertz CT molecular complexity index is 809. The molecular formula is C12H9Cl2N3O3S. The minimum Gasteiger partial charge on any atom is -0.366 e. The number of sulfonamides is 1. The van der Waals surface area contributed by atoms with Gasteiger partial charge >= 0.3 is 0 Å². The van der Waals surface area contributed by atoms with E-state index in [4.69, 9.17) is 28.9 Å². The fraction of sp³-hybridized carbons (Fsp3) is 0. The number of nitrogens with two attached hydrogens (primary N) is 1. The zero-order valence-electron chi connectivity index (χ0n) is 10.4. The summed E-state index contributed by atoms with van der Waals surface area (Å²) >= 11 is 11.6. The van der Waals surface area contributed by atoms with Crippen LogP contribution in [0.3, 0.4) is 0 Å². The molecule has 0 unspecified atom stereocenters. The van der Waals surface area contributed by atoms with Crippen molar-refractivity contribution in [2.24, 2.45) is 5.73 Å². The maximum atomic E-state index is 12.2. The van der Waals surface area contributed by atoms with Gasteiger partial charge in [-0.3, -0.25) is 9.52 Å². The lowest BCUT2D eigenvalue weighted by molar-refractivity contribution is 0.100. The topological polar surface area (TPSA) is 102 Å². The first-order valence-corrected chi connectivity index (χ1v) is 7.78. The lowest BCUT2D eigenvalue weighted by Crippen LogP contribution is -2.15. The summed E-state index contributed by atoms with van der Waals surface area (Å²) in [5.41, 5.74) is 5.38. The van der Waals surface area contributed by atoms with E-state index in [9.17, 15) is 13.2 Å². The smallest absolute Gasteiger partial charge is 0.264 e. The Morgan fingerprint density at radius 2 is 1.95 bits per heavy atom. The molecule has 6 nitrogen and oxygen atoms in total. The molecule has 0 aliphatic carbocycles. The molecule has 0 aliphatic heterocycles. The maximum absolute atomic E-state index is 12.2. The number of amides is 1. The monoisotopic (exact) mass is 345 g/mol. The van der Waals surface area contributed by atoms with Gasteiger partial charge < -0.3 is 5.73 Å². The molecule has 110 valence electrons. The number of carbonyl (C=O) groups is 1. The number of pyridine rings is 1. The predicted octanol–water partition coefficient (Wildman–Crippen LogP) is 2.29. The number of halogens is 2. The molecular weight excluding hydrogens is 337 g/mol. The van der Waals surface area contributed by atoms with Crippen molar-refractivity contribution in [1.82, 2.24) is 4.98 Å². The molecule has 0 atom stereocenters. The molecule has 1 amide bonds. The summed E-state index contributed by atoms with van der Waals surface area (Å²) in [6.45, 7) is 0. The van der Waals surface area contributed by atoms with Crippen molar-refractivity contribution in [2.75, 3.05) is 4.72 Å². The highest BCUT2D eigenvalue weighted by Crippen LogP contribution is 2.25. The van der Waals surface area contributed by atoms with Gasteiger partial charge in [-0.2, -0.15) is 0 Å². The van der Waals surface area contributed by atoms with Gasteiger partial charge in [0.05, 0.1) is 16.3 Å². The Kier molecular flexibility index (Phi) is 4.36. The van der Waals surface area contributed by atoms with Crippen LogP contribution in [0.1, 0.15) is 10.4 Å². The zero-order valence-corrected chi connectivity index (χ0v) is 12.7. The Labute approximate surface area is 130 Å². The van der Waals surface area contributed by atoms with Crippen LogP contribution in [0.15, 0.2) is 41.4 Å². The molecule has 3 N–H and O–H groups in total. The Morgan fingerprint density at radius 3 is 2.52 bits per heavy atom. The van der Waals surface area contributed by atoms with E-state index in [1.54, 1.807) is 0 Å². The zero-order chi connectivity index (χ0) is 15.6. The van der Waals surface area contributed by atoms with E-state index in [0.29, 0.717) is 0 Å². The van der Waals surface area contributed by atoms with Crippen LogP contribution < -0.4 is 10.5 Å². The van der Waals surface area contributed by atoms with E-state index in [1.807, 2.05) is 0 Å². The predicted molar refractivity (Wildman–Crippen MR) is 80.0 cm³/mol. The number of carbonyl (C=O) groups excluding carboxylic acids is 1. The number of rotatable bonds is 4. The van der Waals surface area contributed by atoms with Crippen molar-refractivity contribution >= 4 is 44.8 Å². The number of primary amides is 1. The van der Waals surface area contributed by atoms with Gasteiger partial charge in [-0.05, 0) is 30.3 Å². The van der Waals surface area contributed by atoms with Crippen LogP contribution in [0, 0.1) is 0 Å². The van der Waals surface area contributed by atoms with E-state index >= 15 is 0 Å². The van der Waals surface area contributed by atoms with Crippen LogP contribution in [0.2, 0.25) is 10.2 Å². The lowest BCUT2D eigenvalue weighted by atomic mass is 10.2. The van der Waals surface area contributed by atoms with Crippen LogP contribution in [-0.4, -0.2) is 19.3 Å². The Hall–Kier alpha value is -1.83. The molecule has 2 rings (SSSR count). The first-order valence-electron chi connectivity index (χ1n) is 5.54. The molecule has 0 bridgehead atoms. The summed E-state index contributed by atoms with van der Waals surface area (Å²) < 4.78 is 26.7. The maximum Gasteiger partial charge on any atom is 0.264 e. The number of hydrogen-bond acceptors (Lipinski definition) is 4. The average molecular weight is 346 g/mol. The van der Waals surface area contributed by atoms with Crippen molar-refractivity contribution < 1.29 is 13.2 Å². The van der Waals surface area contributed by atoms with Gasteiger partial charge in [-0.1, -0.05) is 23.2 Å². The summed E-state index contributed by atoms with van der Waals surface area (Å²) in [7, 11) is -3.91. The van der Waals surface area contributed by atoms with Crippen LogP contribution >= 0.6 is 23.2 Å². The molecule has 0 aliphatic rings. The highest BCUT2D eigenvalue weighted by molar-refractivity contribution is 7.92. The fourth-order valence-electron chi connectivity index (χ4n) is 1.56. The Balaban J connectivity index is 2.36. The fourth-order valence-corrected chi connectivity index (χ4v) is 3.34. The normalized spacial score (nSPS) is 11.1. The van der Waals surface area contributed by atoms with Crippen LogP contribution in [-0.2, 0) is 10.0 Å². The van der Waals surface area contributed by atoms with Gasteiger partial charge in [-0.25, -0.2) is 13.4 Å². The van der Waals surface area contributed by atoms with Gasteiger partial charge in [0, 0.05) is 6.20 Å². The minimum atomic E-state index is -3.91. The summed E-state index contributed by atoms with van der Waals surface area (Å²) in [4.78, 5) is 14.6. The van der Waals surface area contributed by atoms with Gasteiger partial charge in [0.15, 0.2) is 0 Å². The van der Waals surface area contributed by atoms with Gasteiger partial charge in [-0.15, -0.1) is 0 Å². The molecule has 9 heteroatoms. The highest BCUT2D eigenvalue weighted by Gasteiger charge is 2.19. The molecule has 21 heavy (non-hydrogen) atoms. The molecule has 1 aromatic carbocycles. The van der Waals surface area contributed by atoms with Gasteiger partial charge in [0.25, 0.3) is 10.0 Å². The summed E-state index contributed by atoms with van der Waals surface area (Å²) in [5, 5.41) is -0.107. The van der Waals surface area contributed by atoms with Crippen molar-refractivity contribution in [3.8, 4) is 0 Å². The molecule has 0 radical (unpaired) electrons. The summed E-state index contributed by atoms with van der Waals surface area (Å²) in [5.74, 6) is -0.704. The van der Waals surface area contributed by atoms with Gasteiger partial charge in [0.2, 0.25) is 5.91 Å². The molecule has 1 aromatic heterocycles. The summed E-state index contributed by atoms with van der Waals surface area (Å²) in [6.07, 6.45) is 1.37. The van der Waals surface area contributed by atoms with E-state index in [-0.39, 0.29) is 26.3 Å². The SMILES string of the molecule is NC(=O)c1ccc(NS(=O)(=O)c2cccnc2Cl)cc1Cl. The van der Waals surface area contributed by atoms with Crippen LogP contribution in [0.25, 0.3) is 0 Å². The first kappa shape index (κ1) is 15.6.